The number of carboxylic acids is 1. The maximum Gasteiger partial charge on any atom is 0.308 e. The van der Waals surface area contributed by atoms with E-state index in [1.165, 1.54) is 25.3 Å². The summed E-state index contributed by atoms with van der Waals surface area (Å²) in [5, 5.41) is 8.61. The van der Waals surface area contributed by atoms with Gasteiger partial charge in [0, 0.05) is 18.5 Å². The van der Waals surface area contributed by atoms with Crippen LogP contribution in [0.3, 0.4) is 0 Å². The summed E-state index contributed by atoms with van der Waals surface area (Å²) in [4.78, 5) is 11.0. The number of carbonyl (C=O) groups is 1. The summed E-state index contributed by atoms with van der Waals surface area (Å²) >= 11 is 0.978. The number of sulfonamides is 1. The van der Waals surface area contributed by atoms with Gasteiger partial charge in [-0.3, -0.25) is 4.79 Å². The first-order valence-corrected chi connectivity index (χ1v) is 7.01. The second kappa shape index (κ2) is 5.44. The van der Waals surface area contributed by atoms with Gasteiger partial charge in [-0.25, -0.2) is 8.42 Å². The van der Waals surface area contributed by atoms with Crippen molar-refractivity contribution in [2.75, 3.05) is 13.6 Å². The maximum atomic E-state index is 12.0. The van der Waals surface area contributed by atoms with Crippen LogP contribution in [0.1, 0.15) is 4.88 Å². The molecule has 94 valence electrons. The second-order valence-corrected chi connectivity index (χ2v) is 6.81. The SMILES string of the molecule is C=CCN(C)S(=O)(=O)c1ccc(CC(=O)O)s1. The number of hydrogen-bond donors (Lipinski definition) is 1. The third-order valence-corrected chi connectivity index (χ3v) is 5.39. The van der Waals surface area contributed by atoms with E-state index in [1.54, 1.807) is 0 Å². The Morgan fingerprint density at radius 1 is 1.59 bits per heavy atom. The van der Waals surface area contributed by atoms with Crippen LogP contribution in [0.25, 0.3) is 0 Å². The highest BCUT2D eigenvalue weighted by molar-refractivity contribution is 7.91. The summed E-state index contributed by atoms with van der Waals surface area (Å²) in [6, 6.07) is 2.95. The fraction of sp³-hybridized carbons (Fsp3) is 0.300. The minimum absolute atomic E-state index is 0.151. The first-order valence-electron chi connectivity index (χ1n) is 4.75. The molecule has 0 saturated heterocycles. The third-order valence-electron chi connectivity index (χ3n) is 2.01. The van der Waals surface area contributed by atoms with E-state index in [-0.39, 0.29) is 17.2 Å². The van der Waals surface area contributed by atoms with Gasteiger partial charge in [-0.2, -0.15) is 4.31 Å². The average Bonchev–Trinajstić information content (AvgIpc) is 2.66. The van der Waals surface area contributed by atoms with Crippen molar-refractivity contribution in [3.8, 4) is 0 Å². The van der Waals surface area contributed by atoms with Crippen molar-refractivity contribution >= 4 is 27.3 Å². The van der Waals surface area contributed by atoms with Crippen LogP contribution in [0.15, 0.2) is 29.0 Å². The third kappa shape index (κ3) is 3.39. The molecule has 1 rings (SSSR count). The molecule has 0 aliphatic carbocycles. The lowest BCUT2D eigenvalue weighted by Gasteiger charge is -2.13. The molecule has 1 heterocycles. The minimum atomic E-state index is -3.53. The summed E-state index contributed by atoms with van der Waals surface area (Å²) in [6.07, 6.45) is 1.33. The minimum Gasteiger partial charge on any atom is -0.481 e. The predicted octanol–water partition coefficient (Wildman–Crippen LogP) is 1.18. The van der Waals surface area contributed by atoms with Crippen LogP contribution in [0.4, 0.5) is 0 Å². The zero-order valence-corrected chi connectivity index (χ0v) is 10.9. The van der Waals surface area contributed by atoms with E-state index < -0.39 is 16.0 Å². The highest BCUT2D eigenvalue weighted by Gasteiger charge is 2.22. The lowest BCUT2D eigenvalue weighted by Crippen LogP contribution is -2.26. The molecule has 0 spiro atoms. The number of likely N-dealkylation sites (N-methyl/N-ethyl adjacent to an activating group) is 1. The van der Waals surface area contributed by atoms with E-state index >= 15 is 0 Å². The summed E-state index contributed by atoms with van der Waals surface area (Å²) in [5.41, 5.74) is 0. The molecule has 0 aliphatic heterocycles. The summed E-state index contributed by atoms with van der Waals surface area (Å²) in [5.74, 6) is -0.977. The molecular formula is C10H13NO4S2. The van der Waals surface area contributed by atoms with Crippen molar-refractivity contribution in [2.24, 2.45) is 0 Å². The summed E-state index contributed by atoms with van der Waals surface area (Å²) in [7, 11) is -2.08. The Morgan fingerprint density at radius 3 is 2.76 bits per heavy atom. The Kier molecular flexibility index (Phi) is 4.44. The highest BCUT2D eigenvalue weighted by Crippen LogP contribution is 2.24. The number of rotatable bonds is 6. The van der Waals surface area contributed by atoms with Gasteiger partial charge in [0.15, 0.2) is 0 Å². The molecule has 1 aromatic heterocycles. The van der Waals surface area contributed by atoms with Gasteiger partial charge in [0.25, 0.3) is 10.0 Å². The summed E-state index contributed by atoms with van der Waals surface area (Å²) in [6.45, 7) is 3.69. The van der Waals surface area contributed by atoms with Gasteiger partial charge in [-0.1, -0.05) is 6.08 Å². The van der Waals surface area contributed by atoms with E-state index in [0.29, 0.717) is 4.88 Å². The molecule has 7 heteroatoms. The van der Waals surface area contributed by atoms with Gasteiger partial charge in [0.05, 0.1) is 6.42 Å². The second-order valence-electron chi connectivity index (χ2n) is 3.37. The number of aliphatic carboxylic acids is 1. The van der Waals surface area contributed by atoms with Crippen molar-refractivity contribution in [2.45, 2.75) is 10.6 Å². The maximum absolute atomic E-state index is 12.0. The largest absolute Gasteiger partial charge is 0.481 e. The molecule has 0 amide bonds. The first-order chi connectivity index (χ1) is 7.87. The van der Waals surface area contributed by atoms with Gasteiger partial charge < -0.3 is 5.11 Å². The molecule has 0 fully saturated rings. The van der Waals surface area contributed by atoms with E-state index in [9.17, 15) is 13.2 Å². The monoisotopic (exact) mass is 275 g/mol. The molecule has 0 saturated carbocycles. The average molecular weight is 275 g/mol. The standard InChI is InChI=1S/C10H13NO4S2/c1-3-6-11(2)17(14,15)10-5-4-8(16-10)7-9(12)13/h3-5H,1,6-7H2,2H3,(H,12,13). The number of carboxylic acid groups (broad SMARTS) is 1. The van der Waals surface area contributed by atoms with Gasteiger partial charge in [-0.15, -0.1) is 17.9 Å². The van der Waals surface area contributed by atoms with Crippen LogP contribution in [-0.2, 0) is 21.2 Å². The quantitative estimate of drug-likeness (QED) is 0.791. The van der Waals surface area contributed by atoms with Crippen LogP contribution in [0.2, 0.25) is 0 Å². The van der Waals surface area contributed by atoms with Crippen molar-refractivity contribution in [3.05, 3.63) is 29.7 Å². The molecule has 0 unspecified atom stereocenters. The zero-order chi connectivity index (χ0) is 13.1. The molecule has 0 bridgehead atoms. The zero-order valence-electron chi connectivity index (χ0n) is 9.29. The van der Waals surface area contributed by atoms with E-state index in [4.69, 9.17) is 5.11 Å². The predicted molar refractivity (Wildman–Crippen MR) is 65.7 cm³/mol. The lowest BCUT2D eigenvalue weighted by molar-refractivity contribution is -0.136. The molecule has 5 nitrogen and oxygen atoms in total. The van der Waals surface area contributed by atoms with Gasteiger partial charge >= 0.3 is 5.97 Å². The molecule has 1 aromatic rings. The lowest BCUT2D eigenvalue weighted by atomic mass is 10.3. The number of nitrogens with zero attached hydrogens (tertiary/aromatic N) is 1. The molecule has 1 N–H and O–H groups in total. The van der Waals surface area contributed by atoms with Crippen LogP contribution < -0.4 is 0 Å². The van der Waals surface area contributed by atoms with Crippen molar-refractivity contribution in [1.82, 2.24) is 4.31 Å². The smallest absolute Gasteiger partial charge is 0.308 e. The Labute approximate surface area is 104 Å². The number of thiophene rings is 1. The van der Waals surface area contributed by atoms with Gasteiger partial charge in [0.1, 0.15) is 4.21 Å². The Balaban J connectivity index is 2.96. The van der Waals surface area contributed by atoms with Crippen LogP contribution >= 0.6 is 11.3 Å². The van der Waals surface area contributed by atoms with Gasteiger partial charge in [-0.05, 0) is 12.1 Å². The Bertz CT molecular complexity index is 518. The number of hydrogen-bond acceptors (Lipinski definition) is 4. The van der Waals surface area contributed by atoms with E-state index in [2.05, 4.69) is 6.58 Å². The van der Waals surface area contributed by atoms with Crippen LogP contribution in [0.5, 0.6) is 0 Å². The molecule has 17 heavy (non-hydrogen) atoms. The van der Waals surface area contributed by atoms with Crippen molar-refractivity contribution < 1.29 is 18.3 Å². The van der Waals surface area contributed by atoms with E-state index in [1.807, 2.05) is 0 Å². The van der Waals surface area contributed by atoms with Gasteiger partial charge in [0.2, 0.25) is 0 Å². The van der Waals surface area contributed by atoms with Crippen LogP contribution in [0, 0.1) is 0 Å². The first kappa shape index (κ1) is 13.9. The normalized spacial score (nSPS) is 11.6. The van der Waals surface area contributed by atoms with E-state index in [0.717, 1.165) is 15.6 Å². The fourth-order valence-corrected chi connectivity index (χ4v) is 3.87. The fourth-order valence-electron chi connectivity index (χ4n) is 1.17. The Morgan fingerprint density at radius 2 is 2.24 bits per heavy atom. The molecule has 0 aromatic carbocycles. The molecule has 0 atom stereocenters. The molecule has 0 aliphatic rings. The van der Waals surface area contributed by atoms with Crippen LogP contribution in [-0.4, -0.2) is 37.4 Å². The topological polar surface area (TPSA) is 74.7 Å². The summed E-state index contributed by atoms with van der Waals surface area (Å²) < 4.78 is 25.2. The Hall–Kier alpha value is -1.18. The highest BCUT2D eigenvalue weighted by atomic mass is 32.2. The molecule has 0 radical (unpaired) electrons. The molecular weight excluding hydrogens is 262 g/mol. The van der Waals surface area contributed by atoms with Crippen molar-refractivity contribution in [1.29, 1.82) is 0 Å². The van der Waals surface area contributed by atoms with Crippen molar-refractivity contribution in [3.63, 3.8) is 0 Å².